The van der Waals surface area contributed by atoms with Crippen molar-refractivity contribution in [3.63, 3.8) is 0 Å². The summed E-state index contributed by atoms with van der Waals surface area (Å²) in [5, 5.41) is 12.7. The number of para-hydroxylation sites is 1. The Morgan fingerprint density at radius 3 is 1.83 bits per heavy atom. The molecule has 0 aliphatic rings. The quantitative estimate of drug-likeness (QED) is 0.174. The van der Waals surface area contributed by atoms with Gasteiger partial charge in [0.25, 0.3) is 0 Å². The van der Waals surface area contributed by atoms with Crippen LogP contribution in [0.25, 0.3) is 83.9 Å². The lowest BCUT2D eigenvalue weighted by Gasteiger charge is -2.28. The smallest absolute Gasteiger partial charge is 0.149 e. The molecule has 0 saturated carbocycles. The van der Waals surface area contributed by atoms with Gasteiger partial charge in [-0.3, -0.25) is 9.55 Å². The second kappa shape index (κ2) is 16.5. The van der Waals surface area contributed by atoms with Gasteiger partial charge in [-0.05, 0) is 122 Å². The number of aromatic hydroxyl groups is 1. The Kier molecular flexibility index (Phi) is 8.06. The third-order valence-corrected chi connectivity index (χ3v) is 12.0. The van der Waals surface area contributed by atoms with Crippen LogP contribution in [0.4, 0.5) is 0 Å². The van der Waals surface area contributed by atoms with Crippen LogP contribution in [0.2, 0.25) is 0 Å². The molecule has 7 aromatic carbocycles. The molecule has 0 spiro atoms. The number of nitrogens with zero attached hydrogens (tertiary/aromatic N) is 3. The van der Waals surface area contributed by atoms with E-state index in [2.05, 4.69) is 52.6 Å². The number of rotatable bonds is 7. The first-order valence-electron chi connectivity index (χ1n) is 27.4. The van der Waals surface area contributed by atoms with Crippen molar-refractivity contribution in [2.24, 2.45) is 0 Å². The molecule has 0 bridgehead atoms. The van der Waals surface area contributed by atoms with E-state index in [0.29, 0.717) is 61.5 Å². The van der Waals surface area contributed by atoms with Gasteiger partial charge in [-0.15, -0.1) is 0 Å². The lowest BCUT2D eigenvalue weighted by Crippen LogP contribution is -2.17. The van der Waals surface area contributed by atoms with Crippen LogP contribution in [0.3, 0.4) is 0 Å². The second-order valence-corrected chi connectivity index (χ2v) is 19.8. The van der Waals surface area contributed by atoms with E-state index in [-0.39, 0.29) is 39.6 Å². The second-order valence-electron chi connectivity index (χ2n) is 19.8. The molecule has 0 radical (unpaired) electrons. The number of hydrogen-bond acceptors (Lipinski definition) is 3. The van der Waals surface area contributed by atoms with Gasteiger partial charge in [0, 0.05) is 32.5 Å². The summed E-state index contributed by atoms with van der Waals surface area (Å²) >= 11 is 0. The Bertz CT molecular complexity index is 3760. The number of pyridine rings is 1. The van der Waals surface area contributed by atoms with E-state index >= 15 is 0 Å². The van der Waals surface area contributed by atoms with Crippen LogP contribution in [0.5, 0.6) is 5.75 Å². The SMILES string of the molecule is [2H]c1nc(-c2cc(-c3cccc4c3nc(-c3cc(C(C)(C)C)cc(C(C)(C)C)c3O)n4-c3cc(-c4ccccc4)c(C([2H])([2H])[2H])cc3-c3ccccc3)cc(C(C)(C)C)c2)c([2H])c(-c2c([2H])c([2H])c([2H])c([2H])c2[2H])c1[2H]. The van der Waals surface area contributed by atoms with Gasteiger partial charge < -0.3 is 5.11 Å². The van der Waals surface area contributed by atoms with Gasteiger partial charge in [0.05, 0.1) is 38.9 Å². The predicted molar refractivity (Wildman–Crippen MR) is 274 cm³/mol. The monoisotopic (exact) mass is 861 g/mol. The van der Waals surface area contributed by atoms with E-state index in [4.69, 9.17) is 18.7 Å². The van der Waals surface area contributed by atoms with Crippen molar-refractivity contribution in [3.8, 4) is 78.6 Å². The normalized spacial score (nSPS) is 14.8. The Labute approximate surface area is 400 Å². The highest BCUT2D eigenvalue weighted by atomic mass is 16.3. The van der Waals surface area contributed by atoms with Gasteiger partial charge in [0.15, 0.2) is 0 Å². The molecule has 0 aliphatic heterocycles. The number of phenols is 1. The van der Waals surface area contributed by atoms with Crippen LogP contribution < -0.4 is 0 Å². The van der Waals surface area contributed by atoms with Crippen molar-refractivity contribution < 1.29 is 20.2 Å². The standard InChI is InChI=1S/C61H59N3O/c1-39-31-50(42-25-18-13-19-26-42)55(38-49(39)41-23-16-12-17-24-41)64-54-28-20-27-48(56(54)63-58(64)51-36-47(60(5,6)7)37-52(57(51)65)61(8,9)10)44-32-45(34-46(33-44)59(2,3)4)53-35-43(29-30-62-53)40-21-14-11-15-22-40/h11-38,65H,1-10H3/i1D3,11D,14D,15D,21D,22D,29D,30D,35D. The number of aryl methyl sites for hydroxylation is 1. The highest BCUT2D eigenvalue weighted by Gasteiger charge is 2.30. The van der Waals surface area contributed by atoms with E-state index in [9.17, 15) is 6.48 Å². The minimum Gasteiger partial charge on any atom is -0.507 e. The first kappa shape index (κ1) is 31.7. The molecular weight excluding hydrogens is 791 g/mol. The van der Waals surface area contributed by atoms with Gasteiger partial charge in [0.2, 0.25) is 0 Å². The number of phenolic OH excluding ortho intramolecular Hbond substituents is 1. The fourth-order valence-corrected chi connectivity index (χ4v) is 8.35. The van der Waals surface area contributed by atoms with Crippen molar-refractivity contribution in [2.45, 2.75) is 85.4 Å². The molecule has 0 atom stereocenters. The summed E-state index contributed by atoms with van der Waals surface area (Å²) in [6, 6.07) is 34.2. The van der Waals surface area contributed by atoms with Crippen LogP contribution in [0, 0.1) is 6.85 Å². The third-order valence-electron chi connectivity index (χ3n) is 12.0. The fraction of sp³-hybridized carbons (Fsp3) is 0.213. The summed E-state index contributed by atoms with van der Waals surface area (Å²) in [5.74, 6) is 0.442. The molecule has 2 heterocycles. The number of benzene rings is 7. The molecule has 324 valence electrons. The summed E-state index contributed by atoms with van der Waals surface area (Å²) < 4.78 is 98.6. The molecule has 1 N–H and O–H groups in total. The van der Waals surface area contributed by atoms with Gasteiger partial charge >= 0.3 is 0 Å². The maximum atomic E-state index is 12.7. The predicted octanol–water partition coefficient (Wildman–Crippen LogP) is 16.3. The number of hydrogen-bond donors (Lipinski definition) is 1. The molecule has 0 aliphatic carbocycles. The molecule has 0 unspecified atom stereocenters. The highest BCUT2D eigenvalue weighted by Crippen LogP contribution is 2.46. The summed E-state index contributed by atoms with van der Waals surface area (Å²) in [6.07, 6.45) is -0.540. The van der Waals surface area contributed by atoms with E-state index in [0.717, 1.165) is 22.3 Å². The topological polar surface area (TPSA) is 50.9 Å². The zero-order valence-corrected chi connectivity index (χ0v) is 38.3. The van der Waals surface area contributed by atoms with Crippen LogP contribution in [0.15, 0.2) is 170 Å². The van der Waals surface area contributed by atoms with Crippen molar-refractivity contribution in [1.82, 2.24) is 14.5 Å². The van der Waals surface area contributed by atoms with Crippen molar-refractivity contribution in [3.05, 3.63) is 192 Å². The summed E-state index contributed by atoms with van der Waals surface area (Å²) in [5.41, 5.74) is 7.06. The number of imidazole rings is 1. The first-order chi connectivity index (χ1) is 35.5. The van der Waals surface area contributed by atoms with Crippen LogP contribution in [0.1, 0.15) is 99.6 Å². The average Bonchev–Trinajstić information content (AvgIpc) is 3.79. The minimum absolute atomic E-state index is 0.0255. The molecule has 0 saturated heterocycles. The van der Waals surface area contributed by atoms with Gasteiger partial charge in [-0.1, -0.05) is 177 Å². The number of fused-ring (bicyclic) bond motifs is 1. The maximum Gasteiger partial charge on any atom is 0.149 e. The molecule has 65 heavy (non-hydrogen) atoms. The van der Waals surface area contributed by atoms with Crippen molar-refractivity contribution in [2.75, 3.05) is 0 Å². The fourth-order valence-electron chi connectivity index (χ4n) is 8.35. The zero-order chi connectivity index (χ0) is 55.3. The molecule has 2 aromatic heterocycles. The van der Waals surface area contributed by atoms with E-state index < -0.39 is 60.1 Å². The van der Waals surface area contributed by atoms with Crippen molar-refractivity contribution >= 4 is 11.0 Å². The Morgan fingerprint density at radius 1 is 0.538 bits per heavy atom. The largest absolute Gasteiger partial charge is 0.507 e. The molecule has 4 nitrogen and oxygen atoms in total. The summed E-state index contributed by atoms with van der Waals surface area (Å²) in [7, 11) is 0. The minimum atomic E-state index is -2.51. The van der Waals surface area contributed by atoms with Crippen LogP contribution >= 0.6 is 0 Å². The van der Waals surface area contributed by atoms with Gasteiger partial charge in [0.1, 0.15) is 11.6 Å². The van der Waals surface area contributed by atoms with E-state index in [1.54, 1.807) is 6.07 Å². The van der Waals surface area contributed by atoms with E-state index in [1.165, 1.54) is 0 Å². The molecule has 4 heteroatoms. The summed E-state index contributed by atoms with van der Waals surface area (Å²) in [4.78, 5) is 10.1. The van der Waals surface area contributed by atoms with Crippen LogP contribution in [-0.2, 0) is 16.2 Å². The van der Waals surface area contributed by atoms with Crippen LogP contribution in [-0.4, -0.2) is 19.6 Å². The highest BCUT2D eigenvalue weighted by molar-refractivity contribution is 5.98. The van der Waals surface area contributed by atoms with E-state index in [1.807, 2.05) is 135 Å². The maximum absolute atomic E-state index is 12.7. The first-order valence-corrected chi connectivity index (χ1v) is 21.9. The average molecular weight is 861 g/mol. The Morgan fingerprint density at radius 2 is 1.18 bits per heavy atom. The number of aromatic nitrogens is 3. The molecular formula is C61H59N3O. The lowest BCUT2D eigenvalue weighted by atomic mass is 9.79. The summed E-state index contributed by atoms with van der Waals surface area (Å²) in [6.45, 7) is 16.1. The molecule has 9 aromatic rings. The lowest BCUT2D eigenvalue weighted by molar-refractivity contribution is 0.446. The Hall–Kier alpha value is -7.04. The van der Waals surface area contributed by atoms with Gasteiger partial charge in [-0.25, -0.2) is 4.98 Å². The molecule has 0 fully saturated rings. The molecule has 9 rings (SSSR count). The van der Waals surface area contributed by atoms with Gasteiger partial charge in [-0.2, -0.15) is 0 Å². The third kappa shape index (κ3) is 8.42. The zero-order valence-electron chi connectivity index (χ0n) is 49.3. The van der Waals surface area contributed by atoms with Crippen molar-refractivity contribution in [1.29, 1.82) is 0 Å². The Balaban J connectivity index is 1.43. The molecule has 0 amide bonds.